The quantitative estimate of drug-likeness (QED) is 0.237. The lowest BCUT2D eigenvalue weighted by Gasteiger charge is -2.33. The fourth-order valence-corrected chi connectivity index (χ4v) is 6.19. The maximum atomic E-state index is 13.2. The highest BCUT2D eigenvalue weighted by atomic mass is 35.5. The minimum atomic E-state index is -4.80. The molecular formula is C29H25ClF3N5O4S. The van der Waals surface area contributed by atoms with E-state index < -0.39 is 22.3 Å². The van der Waals surface area contributed by atoms with E-state index in [-0.39, 0.29) is 28.1 Å². The van der Waals surface area contributed by atoms with Crippen LogP contribution in [-0.2, 0) is 16.6 Å². The fourth-order valence-electron chi connectivity index (χ4n) is 4.63. The number of aromatic nitrogens is 2. The molecule has 0 radical (unpaired) electrons. The van der Waals surface area contributed by atoms with Crippen molar-refractivity contribution in [2.45, 2.75) is 37.4 Å². The summed E-state index contributed by atoms with van der Waals surface area (Å²) in [6, 6.07) is 15.2. The Hall–Kier alpha value is -3.94. The molecule has 43 heavy (non-hydrogen) atoms. The van der Waals surface area contributed by atoms with E-state index in [2.05, 4.69) is 24.7 Å². The zero-order valence-electron chi connectivity index (χ0n) is 22.5. The van der Waals surface area contributed by atoms with Gasteiger partial charge in [0.25, 0.3) is 5.91 Å². The smallest absolute Gasteiger partial charge is 0.406 e. The Morgan fingerprint density at radius 1 is 1.02 bits per heavy atom. The van der Waals surface area contributed by atoms with E-state index in [1.165, 1.54) is 24.3 Å². The first kappa shape index (κ1) is 29.1. The summed E-state index contributed by atoms with van der Waals surface area (Å²) in [5, 5.41) is 3.42. The molecule has 1 aliphatic heterocycles. The predicted molar refractivity (Wildman–Crippen MR) is 157 cm³/mol. The highest BCUT2D eigenvalue weighted by Crippen LogP contribution is 2.33. The van der Waals surface area contributed by atoms with E-state index in [1.807, 2.05) is 0 Å². The Morgan fingerprint density at radius 3 is 2.42 bits per heavy atom. The summed E-state index contributed by atoms with van der Waals surface area (Å²) in [7, 11) is -3.39. The van der Waals surface area contributed by atoms with E-state index in [0.29, 0.717) is 46.8 Å². The van der Waals surface area contributed by atoms with Crippen molar-refractivity contribution >= 4 is 49.9 Å². The first-order valence-electron chi connectivity index (χ1n) is 13.5. The Labute approximate surface area is 250 Å². The van der Waals surface area contributed by atoms with Gasteiger partial charge in [-0.2, -0.15) is 0 Å². The number of nitrogens with one attached hydrogen (secondary N) is 2. The average molecular weight is 632 g/mol. The lowest BCUT2D eigenvalue weighted by Crippen LogP contribution is -2.37. The van der Waals surface area contributed by atoms with Crippen LogP contribution in [0, 0.1) is 0 Å². The standard InChI is InChI=1S/C29H25ClF3N5O4S/c30-24-11-2-17(16-34-43(40,41)21-8-9-21)14-23(24)28(39)35-19-5-10-22-25(15-19)36-26(37-27(22)38-12-1-13-38)18-3-6-20(7-4-18)42-29(31,32)33/h2-7,10-11,14-15,21,34H,1,8-9,12-13,16H2,(H,35,39). The minimum absolute atomic E-state index is 0.0363. The number of carbonyl (C=O) groups excluding carboxylic acids is 1. The van der Waals surface area contributed by atoms with Gasteiger partial charge in [0.1, 0.15) is 11.6 Å². The molecule has 3 aromatic carbocycles. The summed E-state index contributed by atoms with van der Waals surface area (Å²) in [5.41, 5.74) is 2.21. The zero-order chi connectivity index (χ0) is 30.4. The van der Waals surface area contributed by atoms with Crippen molar-refractivity contribution in [2.75, 3.05) is 23.3 Å². The molecule has 1 aromatic heterocycles. The molecule has 0 atom stereocenters. The summed E-state index contributed by atoms with van der Waals surface area (Å²) in [4.78, 5) is 24.7. The second-order valence-corrected chi connectivity index (χ2v) is 12.8. The van der Waals surface area contributed by atoms with Crippen molar-refractivity contribution in [2.24, 2.45) is 0 Å². The summed E-state index contributed by atoms with van der Waals surface area (Å²) in [6.07, 6.45) is -2.51. The molecule has 4 aromatic rings. The molecule has 2 heterocycles. The van der Waals surface area contributed by atoms with Gasteiger partial charge in [0.05, 0.1) is 21.4 Å². The molecule has 0 unspecified atom stereocenters. The van der Waals surface area contributed by atoms with Crippen molar-refractivity contribution in [3.63, 3.8) is 0 Å². The lowest BCUT2D eigenvalue weighted by molar-refractivity contribution is -0.274. The van der Waals surface area contributed by atoms with Gasteiger partial charge >= 0.3 is 6.36 Å². The van der Waals surface area contributed by atoms with Crippen molar-refractivity contribution in [3.05, 3.63) is 76.8 Å². The van der Waals surface area contributed by atoms with Crippen molar-refractivity contribution in [1.82, 2.24) is 14.7 Å². The highest BCUT2D eigenvalue weighted by molar-refractivity contribution is 7.90. The average Bonchev–Trinajstić information content (AvgIpc) is 3.78. The van der Waals surface area contributed by atoms with Gasteiger partial charge in [0, 0.05) is 36.3 Å². The van der Waals surface area contributed by atoms with Crippen LogP contribution in [0.25, 0.3) is 22.3 Å². The molecule has 14 heteroatoms. The largest absolute Gasteiger partial charge is 0.573 e. The zero-order valence-corrected chi connectivity index (χ0v) is 24.1. The molecule has 2 aliphatic rings. The molecule has 0 bridgehead atoms. The number of halogens is 4. The van der Waals surface area contributed by atoms with Crippen LogP contribution in [-0.4, -0.2) is 49.0 Å². The molecule has 2 fully saturated rings. The van der Waals surface area contributed by atoms with Crippen molar-refractivity contribution in [3.8, 4) is 17.1 Å². The Kier molecular flexibility index (Phi) is 7.65. The lowest BCUT2D eigenvalue weighted by atomic mass is 10.1. The number of hydrogen-bond donors (Lipinski definition) is 2. The van der Waals surface area contributed by atoms with Gasteiger partial charge in [0.15, 0.2) is 5.82 Å². The topological polar surface area (TPSA) is 114 Å². The SMILES string of the molecule is O=C(Nc1ccc2c(N3CCC3)nc(-c3ccc(OC(F)(F)F)cc3)nc2c1)c1cc(CNS(=O)(=O)C2CC2)ccc1Cl. The first-order valence-corrected chi connectivity index (χ1v) is 15.4. The van der Waals surface area contributed by atoms with Crippen LogP contribution in [0.2, 0.25) is 5.02 Å². The summed E-state index contributed by atoms with van der Waals surface area (Å²) < 4.78 is 68.7. The van der Waals surface area contributed by atoms with Crippen LogP contribution in [0.1, 0.15) is 35.2 Å². The molecule has 2 N–H and O–H groups in total. The summed E-state index contributed by atoms with van der Waals surface area (Å²) in [6.45, 7) is 1.64. The summed E-state index contributed by atoms with van der Waals surface area (Å²) >= 11 is 6.32. The number of amides is 1. The molecule has 0 spiro atoms. The normalized spacial score (nSPS) is 15.3. The van der Waals surface area contributed by atoms with Crippen molar-refractivity contribution < 1.29 is 31.1 Å². The maximum Gasteiger partial charge on any atom is 0.573 e. The number of carbonyl (C=O) groups is 1. The predicted octanol–water partition coefficient (Wildman–Crippen LogP) is 5.89. The molecule has 1 aliphatic carbocycles. The van der Waals surface area contributed by atoms with Crippen LogP contribution in [0.4, 0.5) is 24.7 Å². The van der Waals surface area contributed by atoms with Gasteiger partial charge in [-0.3, -0.25) is 4.79 Å². The molecule has 224 valence electrons. The Bertz CT molecular complexity index is 1810. The molecule has 1 saturated heterocycles. The van der Waals surface area contributed by atoms with Crippen LogP contribution >= 0.6 is 11.6 Å². The summed E-state index contributed by atoms with van der Waals surface area (Å²) in [5.74, 6) is 0.145. The number of benzene rings is 3. The molecule has 1 saturated carbocycles. The van der Waals surface area contributed by atoms with Gasteiger partial charge in [0.2, 0.25) is 10.0 Å². The fraction of sp³-hybridized carbons (Fsp3) is 0.276. The van der Waals surface area contributed by atoms with Gasteiger partial charge < -0.3 is 15.0 Å². The van der Waals surface area contributed by atoms with Crippen LogP contribution in [0.3, 0.4) is 0 Å². The molecule has 9 nitrogen and oxygen atoms in total. The maximum absolute atomic E-state index is 13.2. The van der Waals surface area contributed by atoms with E-state index >= 15 is 0 Å². The van der Waals surface area contributed by atoms with E-state index in [9.17, 15) is 26.4 Å². The molecule has 6 rings (SSSR count). The number of hydrogen-bond acceptors (Lipinski definition) is 7. The van der Waals surface area contributed by atoms with Crippen LogP contribution in [0.5, 0.6) is 5.75 Å². The second kappa shape index (κ2) is 11.3. The third-order valence-corrected chi connectivity index (χ3v) is 9.38. The first-order chi connectivity index (χ1) is 20.4. The van der Waals surface area contributed by atoms with Gasteiger partial charge in [-0.05, 0) is 79.4 Å². The van der Waals surface area contributed by atoms with Crippen LogP contribution in [0.15, 0.2) is 60.7 Å². The number of rotatable bonds is 9. The number of ether oxygens (including phenoxy) is 1. The molecular weight excluding hydrogens is 607 g/mol. The monoisotopic (exact) mass is 631 g/mol. The number of nitrogens with zero attached hydrogens (tertiary/aromatic N) is 3. The third-order valence-electron chi connectivity index (χ3n) is 7.15. The number of anilines is 2. The van der Waals surface area contributed by atoms with E-state index in [1.54, 1.807) is 36.4 Å². The van der Waals surface area contributed by atoms with Crippen LogP contribution < -0.4 is 19.7 Å². The van der Waals surface area contributed by atoms with Gasteiger partial charge in [-0.25, -0.2) is 23.1 Å². The minimum Gasteiger partial charge on any atom is -0.406 e. The van der Waals surface area contributed by atoms with Gasteiger partial charge in [-0.15, -0.1) is 13.2 Å². The van der Waals surface area contributed by atoms with E-state index in [0.717, 1.165) is 24.9 Å². The second-order valence-electron chi connectivity index (χ2n) is 10.3. The number of fused-ring (bicyclic) bond motifs is 1. The third kappa shape index (κ3) is 6.68. The highest BCUT2D eigenvalue weighted by Gasteiger charge is 2.35. The van der Waals surface area contributed by atoms with Gasteiger partial charge in [-0.1, -0.05) is 17.7 Å². The Morgan fingerprint density at radius 2 is 1.77 bits per heavy atom. The molecule has 1 amide bonds. The number of sulfonamides is 1. The van der Waals surface area contributed by atoms with Crippen molar-refractivity contribution in [1.29, 1.82) is 0 Å². The van der Waals surface area contributed by atoms with E-state index in [4.69, 9.17) is 16.6 Å². The number of alkyl halides is 3. The Balaban J connectivity index is 1.26.